The number of carboxylic acids is 1. The number of aryl methyl sites for hydroxylation is 1. The van der Waals surface area contributed by atoms with E-state index in [-0.39, 0.29) is 0 Å². The summed E-state index contributed by atoms with van der Waals surface area (Å²) in [4.78, 5) is 19.0. The van der Waals surface area contributed by atoms with Crippen molar-refractivity contribution in [2.75, 3.05) is 6.54 Å². The molecule has 92 valence electrons. The van der Waals surface area contributed by atoms with Gasteiger partial charge in [-0.25, -0.2) is 4.79 Å². The van der Waals surface area contributed by atoms with Crippen LogP contribution >= 0.6 is 0 Å². The topological polar surface area (TPSA) is 75.1 Å². The van der Waals surface area contributed by atoms with E-state index in [2.05, 4.69) is 15.3 Å². The van der Waals surface area contributed by atoms with Crippen molar-refractivity contribution in [2.45, 2.75) is 26.8 Å². The highest BCUT2D eigenvalue weighted by Gasteiger charge is 2.02. The van der Waals surface area contributed by atoms with Crippen molar-refractivity contribution < 1.29 is 9.90 Å². The van der Waals surface area contributed by atoms with Gasteiger partial charge in [-0.1, -0.05) is 13.0 Å². The first-order valence-electron chi connectivity index (χ1n) is 5.54. The third-order valence-corrected chi connectivity index (χ3v) is 2.29. The number of nitrogens with zero attached hydrogens (tertiary/aromatic N) is 2. The van der Waals surface area contributed by atoms with Gasteiger partial charge < -0.3 is 10.4 Å². The van der Waals surface area contributed by atoms with Gasteiger partial charge in [0.1, 0.15) is 0 Å². The molecule has 1 aromatic heterocycles. The van der Waals surface area contributed by atoms with Crippen LogP contribution in [0.25, 0.3) is 0 Å². The van der Waals surface area contributed by atoms with Gasteiger partial charge in [0.25, 0.3) is 0 Å². The molecule has 0 aliphatic carbocycles. The van der Waals surface area contributed by atoms with Crippen LogP contribution in [0.3, 0.4) is 0 Å². The summed E-state index contributed by atoms with van der Waals surface area (Å²) in [6.07, 6.45) is 5.64. The molecule has 0 saturated carbocycles. The molecule has 0 unspecified atom stereocenters. The Morgan fingerprint density at radius 1 is 1.47 bits per heavy atom. The van der Waals surface area contributed by atoms with Gasteiger partial charge in [-0.2, -0.15) is 0 Å². The second kappa shape index (κ2) is 6.75. The second-order valence-electron chi connectivity index (χ2n) is 3.67. The minimum Gasteiger partial charge on any atom is -0.478 e. The molecule has 2 N–H and O–H groups in total. The number of carboxylic acid groups (broad SMARTS) is 1. The molecule has 0 amide bonds. The molecule has 0 atom stereocenters. The van der Waals surface area contributed by atoms with Crippen LogP contribution in [0.5, 0.6) is 0 Å². The summed E-state index contributed by atoms with van der Waals surface area (Å²) in [5.41, 5.74) is 2.15. The number of carbonyl (C=O) groups is 1. The standard InChI is InChI=1S/C12H17N3O2/c1-3-10(12(16)17)4-5-13-7-11-8-14-9(2)6-15-11/h4,6,8,13H,3,5,7H2,1-2H3,(H,16,17). The molecular formula is C12H17N3O2. The first kappa shape index (κ1) is 13.3. The van der Waals surface area contributed by atoms with Crippen LogP contribution in [0, 0.1) is 6.92 Å². The van der Waals surface area contributed by atoms with Gasteiger partial charge in [0.2, 0.25) is 0 Å². The van der Waals surface area contributed by atoms with Crippen molar-refractivity contribution in [3.05, 3.63) is 35.4 Å². The summed E-state index contributed by atoms with van der Waals surface area (Å²) in [5, 5.41) is 11.9. The molecule has 0 bridgehead atoms. The van der Waals surface area contributed by atoms with Crippen LogP contribution in [0.1, 0.15) is 24.7 Å². The van der Waals surface area contributed by atoms with Crippen molar-refractivity contribution in [3.63, 3.8) is 0 Å². The summed E-state index contributed by atoms with van der Waals surface area (Å²) >= 11 is 0. The van der Waals surface area contributed by atoms with E-state index in [1.54, 1.807) is 18.5 Å². The molecule has 0 aliphatic rings. The maximum atomic E-state index is 10.7. The molecule has 0 saturated heterocycles. The number of nitrogens with one attached hydrogen (secondary N) is 1. The number of aromatic nitrogens is 2. The Bertz CT molecular complexity index is 399. The third kappa shape index (κ3) is 4.74. The van der Waals surface area contributed by atoms with Gasteiger partial charge in [-0.15, -0.1) is 0 Å². The first-order chi connectivity index (χ1) is 8.13. The summed E-state index contributed by atoms with van der Waals surface area (Å²) in [6.45, 7) is 4.81. The van der Waals surface area contributed by atoms with Crippen molar-refractivity contribution >= 4 is 5.97 Å². The molecule has 17 heavy (non-hydrogen) atoms. The Hall–Kier alpha value is -1.75. The summed E-state index contributed by atoms with van der Waals surface area (Å²) < 4.78 is 0. The van der Waals surface area contributed by atoms with E-state index < -0.39 is 5.97 Å². The largest absolute Gasteiger partial charge is 0.478 e. The predicted molar refractivity (Wildman–Crippen MR) is 64.5 cm³/mol. The fourth-order valence-corrected chi connectivity index (χ4v) is 1.29. The van der Waals surface area contributed by atoms with E-state index in [9.17, 15) is 4.79 Å². The predicted octanol–water partition coefficient (Wildman–Crippen LogP) is 1.30. The van der Waals surface area contributed by atoms with Crippen molar-refractivity contribution in [3.8, 4) is 0 Å². The highest BCUT2D eigenvalue weighted by molar-refractivity contribution is 5.86. The molecule has 5 heteroatoms. The molecule has 0 radical (unpaired) electrons. The van der Waals surface area contributed by atoms with Crippen molar-refractivity contribution in [1.82, 2.24) is 15.3 Å². The summed E-state index contributed by atoms with van der Waals surface area (Å²) in [6, 6.07) is 0. The van der Waals surface area contributed by atoms with Crippen LogP contribution in [-0.4, -0.2) is 27.6 Å². The summed E-state index contributed by atoms with van der Waals surface area (Å²) in [5.74, 6) is -0.857. The minimum absolute atomic E-state index is 0.424. The lowest BCUT2D eigenvalue weighted by molar-refractivity contribution is -0.132. The van der Waals surface area contributed by atoms with Crippen LogP contribution < -0.4 is 5.32 Å². The zero-order chi connectivity index (χ0) is 12.7. The lowest BCUT2D eigenvalue weighted by atomic mass is 10.2. The maximum Gasteiger partial charge on any atom is 0.331 e. The molecule has 0 spiro atoms. The van der Waals surface area contributed by atoms with Gasteiger partial charge in [0.05, 0.1) is 11.4 Å². The second-order valence-corrected chi connectivity index (χ2v) is 3.67. The normalized spacial score (nSPS) is 11.5. The number of hydrogen-bond donors (Lipinski definition) is 2. The van der Waals surface area contributed by atoms with Crippen LogP contribution in [-0.2, 0) is 11.3 Å². The van der Waals surface area contributed by atoms with Crippen molar-refractivity contribution in [1.29, 1.82) is 0 Å². The van der Waals surface area contributed by atoms with Crippen molar-refractivity contribution in [2.24, 2.45) is 0 Å². The van der Waals surface area contributed by atoms with Gasteiger partial charge in [-0.05, 0) is 13.3 Å². The fourth-order valence-electron chi connectivity index (χ4n) is 1.29. The molecule has 1 rings (SSSR count). The Morgan fingerprint density at radius 2 is 2.24 bits per heavy atom. The SMILES string of the molecule is CCC(=CCNCc1cnc(C)cn1)C(=O)O. The number of rotatable bonds is 6. The van der Waals surface area contributed by atoms with Gasteiger partial charge in [-0.3, -0.25) is 9.97 Å². The smallest absolute Gasteiger partial charge is 0.331 e. The van der Waals surface area contributed by atoms with Crippen LogP contribution in [0.2, 0.25) is 0 Å². The Labute approximate surface area is 101 Å². The maximum absolute atomic E-state index is 10.7. The highest BCUT2D eigenvalue weighted by atomic mass is 16.4. The van der Waals surface area contributed by atoms with E-state index in [0.717, 1.165) is 11.4 Å². The molecule has 1 aromatic rings. The Morgan fingerprint density at radius 3 is 2.76 bits per heavy atom. The zero-order valence-corrected chi connectivity index (χ0v) is 10.1. The molecule has 0 aromatic carbocycles. The van der Waals surface area contributed by atoms with Crippen LogP contribution in [0.15, 0.2) is 24.0 Å². The van der Waals surface area contributed by atoms with Crippen LogP contribution in [0.4, 0.5) is 0 Å². The fraction of sp³-hybridized carbons (Fsp3) is 0.417. The van der Waals surface area contributed by atoms with E-state index >= 15 is 0 Å². The van der Waals surface area contributed by atoms with Gasteiger partial charge >= 0.3 is 5.97 Å². The molecule has 1 heterocycles. The number of hydrogen-bond acceptors (Lipinski definition) is 4. The highest BCUT2D eigenvalue weighted by Crippen LogP contribution is 1.99. The third-order valence-electron chi connectivity index (χ3n) is 2.29. The summed E-state index contributed by atoms with van der Waals surface area (Å²) in [7, 11) is 0. The van der Waals surface area contributed by atoms with Gasteiger partial charge in [0, 0.05) is 31.1 Å². The molecule has 5 nitrogen and oxygen atoms in total. The monoisotopic (exact) mass is 235 g/mol. The van der Waals surface area contributed by atoms with E-state index in [0.29, 0.717) is 25.1 Å². The Balaban J connectivity index is 2.37. The quantitative estimate of drug-likeness (QED) is 0.574. The van der Waals surface area contributed by atoms with E-state index in [1.165, 1.54) is 0 Å². The van der Waals surface area contributed by atoms with E-state index in [4.69, 9.17) is 5.11 Å². The molecule has 0 fully saturated rings. The Kier molecular flexibility index (Phi) is 5.29. The lowest BCUT2D eigenvalue weighted by Crippen LogP contribution is -2.15. The number of aliphatic carboxylic acids is 1. The van der Waals surface area contributed by atoms with Gasteiger partial charge in [0.15, 0.2) is 0 Å². The first-order valence-corrected chi connectivity index (χ1v) is 5.54. The zero-order valence-electron chi connectivity index (χ0n) is 10.1. The molecular weight excluding hydrogens is 218 g/mol. The average Bonchev–Trinajstić information content (AvgIpc) is 2.31. The lowest BCUT2D eigenvalue weighted by Gasteiger charge is -2.02. The van der Waals surface area contributed by atoms with E-state index in [1.807, 2.05) is 13.8 Å². The average molecular weight is 235 g/mol. The minimum atomic E-state index is -0.857. The molecule has 0 aliphatic heterocycles.